The number of halogens is 3. The zero-order valence-electron chi connectivity index (χ0n) is 10.9. The maximum atomic E-state index is 12.9. The first-order chi connectivity index (χ1) is 9.50. The summed E-state index contributed by atoms with van der Waals surface area (Å²) in [4.78, 5) is 8.08. The van der Waals surface area contributed by atoms with Gasteiger partial charge in [0.05, 0.1) is 9.88 Å². The van der Waals surface area contributed by atoms with Crippen molar-refractivity contribution in [1.82, 2.24) is 15.3 Å². The number of hydrogen-bond acceptors (Lipinski definition) is 4. The SMILES string of the molecule is CCNCc1sc(Cc2ccccn2)nc1C(F)(F)F. The predicted molar refractivity (Wildman–Crippen MR) is 71.5 cm³/mol. The Morgan fingerprint density at radius 1 is 1.30 bits per heavy atom. The molecule has 0 unspecified atom stereocenters. The molecule has 0 saturated heterocycles. The van der Waals surface area contributed by atoms with Crippen molar-refractivity contribution in [3.05, 3.63) is 45.7 Å². The number of alkyl halides is 3. The monoisotopic (exact) mass is 301 g/mol. The van der Waals surface area contributed by atoms with Crippen molar-refractivity contribution in [3.63, 3.8) is 0 Å². The van der Waals surface area contributed by atoms with Gasteiger partial charge in [0, 0.05) is 24.9 Å². The van der Waals surface area contributed by atoms with E-state index in [1.807, 2.05) is 6.92 Å². The van der Waals surface area contributed by atoms with E-state index in [1.165, 1.54) is 0 Å². The quantitative estimate of drug-likeness (QED) is 0.921. The van der Waals surface area contributed by atoms with E-state index in [-0.39, 0.29) is 11.4 Å². The minimum Gasteiger partial charge on any atom is -0.312 e. The normalized spacial score (nSPS) is 11.8. The zero-order chi connectivity index (χ0) is 14.6. The summed E-state index contributed by atoms with van der Waals surface area (Å²) in [7, 11) is 0. The Balaban J connectivity index is 2.24. The fraction of sp³-hybridized carbons (Fsp3) is 0.385. The lowest BCUT2D eigenvalue weighted by Gasteiger charge is -2.05. The topological polar surface area (TPSA) is 37.8 Å². The van der Waals surface area contributed by atoms with Crippen molar-refractivity contribution in [2.24, 2.45) is 0 Å². The van der Waals surface area contributed by atoms with E-state index in [0.29, 0.717) is 23.7 Å². The van der Waals surface area contributed by atoms with Crippen LogP contribution in [-0.2, 0) is 19.1 Å². The summed E-state index contributed by atoms with van der Waals surface area (Å²) in [6.07, 6.45) is -2.47. The molecule has 0 amide bonds. The third kappa shape index (κ3) is 3.77. The highest BCUT2D eigenvalue weighted by Gasteiger charge is 2.37. The molecule has 7 heteroatoms. The Morgan fingerprint density at radius 3 is 2.70 bits per heavy atom. The van der Waals surface area contributed by atoms with Crippen molar-refractivity contribution in [2.75, 3.05) is 6.54 Å². The van der Waals surface area contributed by atoms with Crippen LogP contribution in [0.25, 0.3) is 0 Å². The molecular formula is C13H14F3N3S. The van der Waals surface area contributed by atoms with Crippen molar-refractivity contribution in [1.29, 1.82) is 0 Å². The van der Waals surface area contributed by atoms with Crippen molar-refractivity contribution < 1.29 is 13.2 Å². The summed E-state index contributed by atoms with van der Waals surface area (Å²) in [6, 6.07) is 5.35. The lowest BCUT2D eigenvalue weighted by molar-refractivity contribution is -0.141. The second-order valence-electron chi connectivity index (χ2n) is 4.16. The van der Waals surface area contributed by atoms with Crippen LogP contribution in [0.3, 0.4) is 0 Å². The Labute approximate surface area is 118 Å². The van der Waals surface area contributed by atoms with E-state index in [4.69, 9.17) is 0 Å². The second kappa shape index (κ2) is 6.32. The predicted octanol–water partition coefficient (Wildman–Crippen LogP) is 3.26. The van der Waals surface area contributed by atoms with Crippen molar-refractivity contribution >= 4 is 11.3 Å². The van der Waals surface area contributed by atoms with Gasteiger partial charge in [-0.25, -0.2) is 4.98 Å². The van der Waals surface area contributed by atoms with Gasteiger partial charge in [-0.1, -0.05) is 13.0 Å². The fourth-order valence-electron chi connectivity index (χ4n) is 1.71. The molecule has 2 heterocycles. The Kier molecular flexibility index (Phi) is 4.72. The van der Waals surface area contributed by atoms with Crippen LogP contribution in [0.2, 0.25) is 0 Å². The molecule has 2 aromatic rings. The van der Waals surface area contributed by atoms with E-state index in [0.717, 1.165) is 11.3 Å². The molecule has 0 atom stereocenters. The number of nitrogens with one attached hydrogen (secondary N) is 1. The van der Waals surface area contributed by atoms with Gasteiger partial charge in [0.15, 0.2) is 5.69 Å². The standard InChI is InChI=1S/C13H14F3N3S/c1-2-17-8-10-12(13(14,15)16)19-11(20-10)7-9-5-3-4-6-18-9/h3-6,17H,2,7-8H2,1H3. The van der Waals surface area contributed by atoms with E-state index < -0.39 is 11.9 Å². The van der Waals surface area contributed by atoms with Crippen molar-refractivity contribution in [2.45, 2.75) is 26.1 Å². The summed E-state index contributed by atoms with van der Waals surface area (Å²) >= 11 is 1.09. The summed E-state index contributed by atoms with van der Waals surface area (Å²) in [6.45, 7) is 2.65. The molecule has 0 aliphatic rings. The Bertz CT molecular complexity index is 552. The first-order valence-corrected chi connectivity index (χ1v) is 6.98. The second-order valence-corrected chi connectivity index (χ2v) is 5.32. The molecule has 2 aromatic heterocycles. The average molecular weight is 301 g/mol. The molecule has 0 radical (unpaired) electrons. The number of rotatable bonds is 5. The van der Waals surface area contributed by atoms with Gasteiger partial charge in [-0.05, 0) is 18.7 Å². The summed E-state index contributed by atoms with van der Waals surface area (Å²) < 4.78 is 38.8. The van der Waals surface area contributed by atoms with E-state index in [2.05, 4.69) is 15.3 Å². The number of aromatic nitrogens is 2. The third-order valence-corrected chi connectivity index (χ3v) is 3.66. The molecule has 108 valence electrons. The zero-order valence-corrected chi connectivity index (χ0v) is 11.7. The lowest BCUT2D eigenvalue weighted by Crippen LogP contribution is -2.15. The maximum absolute atomic E-state index is 12.9. The molecule has 0 spiro atoms. The van der Waals surface area contributed by atoms with Crippen LogP contribution in [0, 0.1) is 0 Å². The fourth-order valence-corrected chi connectivity index (χ4v) is 2.79. The van der Waals surface area contributed by atoms with Crippen LogP contribution in [0.15, 0.2) is 24.4 Å². The highest BCUT2D eigenvalue weighted by molar-refractivity contribution is 7.11. The minimum absolute atomic E-state index is 0.186. The highest BCUT2D eigenvalue weighted by atomic mass is 32.1. The number of hydrogen-bond donors (Lipinski definition) is 1. The highest BCUT2D eigenvalue weighted by Crippen LogP contribution is 2.34. The molecule has 0 bridgehead atoms. The number of thiazole rings is 1. The van der Waals surface area contributed by atoms with E-state index in [1.54, 1.807) is 24.4 Å². The van der Waals surface area contributed by atoms with Crippen LogP contribution in [0.1, 0.15) is 28.2 Å². The minimum atomic E-state index is -4.41. The van der Waals surface area contributed by atoms with Gasteiger partial charge >= 0.3 is 6.18 Å². The summed E-state index contributed by atoms with van der Waals surface area (Å²) in [5.74, 6) is 0. The van der Waals surface area contributed by atoms with Gasteiger partial charge in [0.1, 0.15) is 0 Å². The smallest absolute Gasteiger partial charge is 0.312 e. The van der Waals surface area contributed by atoms with Crippen LogP contribution in [-0.4, -0.2) is 16.5 Å². The van der Waals surface area contributed by atoms with Gasteiger partial charge in [-0.2, -0.15) is 13.2 Å². The number of nitrogens with zero attached hydrogens (tertiary/aromatic N) is 2. The van der Waals surface area contributed by atoms with Crippen LogP contribution >= 0.6 is 11.3 Å². The number of pyridine rings is 1. The lowest BCUT2D eigenvalue weighted by atomic mass is 10.3. The molecule has 1 N–H and O–H groups in total. The maximum Gasteiger partial charge on any atom is 0.434 e. The average Bonchev–Trinajstić information content (AvgIpc) is 2.80. The summed E-state index contributed by atoms with van der Waals surface area (Å²) in [5.41, 5.74) is -0.0700. The molecule has 0 aliphatic carbocycles. The third-order valence-electron chi connectivity index (χ3n) is 2.60. The summed E-state index contributed by atoms with van der Waals surface area (Å²) in [5, 5.41) is 3.34. The molecule has 0 saturated carbocycles. The molecule has 3 nitrogen and oxygen atoms in total. The van der Waals surface area contributed by atoms with Gasteiger partial charge < -0.3 is 5.32 Å². The molecule has 0 aliphatic heterocycles. The molecule has 0 aromatic carbocycles. The van der Waals surface area contributed by atoms with E-state index >= 15 is 0 Å². The first-order valence-electron chi connectivity index (χ1n) is 6.17. The van der Waals surface area contributed by atoms with E-state index in [9.17, 15) is 13.2 Å². The van der Waals surface area contributed by atoms with Gasteiger partial charge in [-0.3, -0.25) is 4.98 Å². The van der Waals surface area contributed by atoms with Gasteiger partial charge in [0.2, 0.25) is 0 Å². The van der Waals surface area contributed by atoms with Crippen LogP contribution in [0.5, 0.6) is 0 Å². The van der Waals surface area contributed by atoms with Gasteiger partial charge in [-0.15, -0.1) is 11.3 Å². The van der Waals surface area contributed by atoms with Crippen molar-refractivity contribution in [3.8, 4) is 0 Å². The van der Waals surface area contributed by atoms with Crippen LogP contribution < -0.4 is 5.32 Å². The Hall–Kier alpha value is -1.47. The first kappa shape index (κ1) is 14.9. The molecule has 2 rings (SSSR count). The van der Waals surface area contributed by atoms with Gasteiger partial charge in [0.25, 0.3) is 0 Å². The molecule has 20 heavy (non-hydrogen) atoms. The molecular weight excluding hydrogens is 287 g/mol. The van der Waals surface area contributed by atoms with Crippen LogP contribution in [0.4, 0.5) is 13.2 Å². The largest absolute Gasteiger partial charge is 0.434 e. The Morgan fingerprint density at radius 2 is 2.10 bits per heavy atom. The molecule has 0 fully saturated rings.